The van der Waals surface area contributed by atoms with Crippen LogP contribution in [-0.2, 0) is 7.05 Å². The first-order chi connectivity index (χ1) is 7.70. The normalized spacial score (nSPS) is 10.2. The summed E-state index contributed by atoms with van der Waals surface area (Å²) in [5.41, 5.74) is 0.879. The van der Waals surface area contributed by atoms with Gasteiger partial charge in [-0.15, -0.1) is 0 Å². The summed E-state index contributed by atoms with van der Waals surface area (Å²) in [5.74, 6) is 1.44. The van der Waals surface area contributed by atoms with Crippen molar-refractivity contribution in [3.8, 4) is 0 Å². The topological polar surface area (TPSA) is 67.7 Å². The molecule has 84 valence electrons. The molecule has 0 aromatic carbocycles. The van der Waals surface area contributed by atoms with Gasteiger partial charge in [-0.25, -0.2) is 9.97 Å². The SMILES string of the molecule is CNc1ncnc(Nc2cnn(C)c2)c1Br. The van der Waals surface area contributed by atoms with Crippen LogP contribution in [0.3, 0.4) is 0 Å². The van der Waals surface area contributed by atoms with E-state index in [1.165, 1.54) is 6.33 Å². The number of hydrogen-bond acceptors (Lipinski definition) is 5. The van der Waals surface area contributed by atoms with Gasteiger partial charge in [0.15, 0.2) is 0 Å². The summed E-state index contributed by atoms with van der Waals surface area (Å²) in [7, 11) is 3.67. The quantitative estimate of drug-likeness (QED) is 0.898. The largest absolute Gasteiger partial charge is 0.372 e. The van der Waals surface area contributed by atoms with Gasteiger partial charge in [-0.1, -0.05) is 0 Å². The minimum Gasteiger partial charge on any atom is -0.372 e. The van der Waals surface area contributed by atoms with E-state index in [9.17, 15) is 0 Å². The van der Waals surface area contributed by atoms with Crippen LogP contribution in [0.1, 0.15) is 0 Å². The molecular formula is C9H11BrN6. The van der Waals surface area contributed by atoms with Crippen molar-refractivity contribution in [1.29, 1.82) is 0 Å². The number of nitrogens with one attached hydrogen (secondary N) is 2. The number of aromatic nitrogens is 4. The summed E-state index contributed by atoms with van der Waals surface area (Å²) >= 11 is 3.43. The number of aryl methyl sites for hydroxylation is 1. The average Bonchev–Trinajstić information content (AvgIpc) is 2.67. The van der Waals surface area contributed by atoms with Crippen LogP contribution in [0.4, 0.5) is 17.3 Å². The Labute approximate surface area is 101 Å². The molecule has 2 heterocycles. The van der Waals surface area contributed by atoms with Gasteiger partial charge in [-0.05, 0) is 15.9 Å². The third-order valence-electron chi connectivity index (χ3n) is 1.99. The Morgan fingerprint density at radius 1 is 1.31 bits per heavy atom. The minimum atomic E-state index is 0.701. The molecule has 0 saturated heterocycles. The zero-order valence-corrected chi connectivity index (χ0v) is 10.5. The standard InChI is InChI=1S/C9H11BrN6/c1-11-8-7(10)9(13-5-12-8)15-6-3-14-16(2)4-6/h3-5H,1-2H3,(H2,11,12,13,15). The molecule has 2 rings (SSSR count). The van der Waals surface area contributed by atoms with Crippen LogP contribution in [0, 0.1) is 0 Å². The van der Waals surface area contributed by atoms with Crippen LogP contribution in [0.2, 0.25) is 0 Å². The fourth-order valence-electron chi connectivity index (χ4n) is 1.25. The second-order valence-electron chi connectivity index (χ2n) is 3.16. The maximum atomic E-state index is 4.15. The highest BCUT2D eigenvalue weighted by Gasteiger charge is 2.07. The third kappa shape index (κ3) is 2.13. The smallest absolute Gasteiger partial charge is 0.150 e. The van der Waals surface area contributed by atoms with Crippen LogP contribution in [0.5, 0.6) is 0 Å². The van der Waals surface area contributed by atoms with E-state index in [0.717, 1.165) is 16.0 Å². The van der Waals surface area contributed by atoms with Crippen molar-refractivity contribution in [2.24, 2.45) is 7.05 Å². The van der Waals surface area contributed by atoms with E-state index in [1.807, 2.05) is 13.2 Å². The Morgan fingerprint density at radius 2 is 2.06 bits per heavy atom. The lowest BCUT2D eigenvalue weighted by molar-refractivity contribution is 0.768. The Bertz CT molecular complexity index is 494. The molecule has 2 N–H and O–H groups in total. The van der Waals surface area contributed by atoms with E-state index in [4.69, 9.17) is 0 Å². The Morgan fingerprint density at radius 3 is 2.69 bits per heavy atom. The molecule has 0 bridgehead atoms. The lowest BCUT2D eigenvalue weighted by Crippen LogP contribution is -1.99. The highest BCUT2D eigenvalue weighted by atomic mass is 79.9. The Hall–Kier alpha value is -1.63. The molecule has 0 atom stereocenters. The highest BCUT2D eigenvalue weighted by molar-refractivity contribution is 9.10. The molecule has 16 heavy (non-hydrogen) atoms. The van der Waals surface area contributed by atoms with Crippen molar-refractivity contribution >= 4 is 33.3 Å². The highest BCUT2D eigenvalue weighted by Crippen LogP contribution is 2.28. The second-order valence-corrected chi connectivity index (χ2v) is 3.96. The van der Waals surface area contributed by atoms with E-state index < -0.39 is 0 Å². The van der Waals surface area contributed by atoms with E-state index >= 15 is 0 Å². The van der Waals surface area contributed by atoms with Gasteiger partial charge in [-0.2, -0.15) is 5.10 Å². The fraction of sp³-hybridized carbons (Fsp3) is 0.222. The molecule has 0 fully saturated rings. The van der Waals surface area contributed by atoms with E-state index in [1.54, 1.807) is 17.9 Å². The molecule has 0 aliphatic carbocycles. The van der Waals surface area contributed by atoms with Crippen molar-refractivity contribution in [1.82, 2.24) is 19.7 Å². The molecule has 2 aromatic heterocycles. The number of hydrogen-bond donors (Lipinski definition) is 2. The van der Waals surface area contributed by atoms with Crippen LogP contribution >= 0.6 is 15.9 Å². The van der Waals surface area contributed by atoms with Crippen molar-refractivity contribution in [2.45, 2.75) is 0 Å². The van der Waals surface area contributed by atoms with Crippen LogP contribution in [0.25, 0.3) is 0 Å². The lowest BCUT2D eigenvalue weighted by atomic mass is 10.5. The molecule has 7 heteroatoms. The maximum absolute atomic E-state index is 4.15. The average molecular weight is 283 g/mol. The molecule has 6 nitrogen and oxygen atoms in total. The van der Waals surface area contributed by atoms with Gasteiger partial charge >= 0.3 is 0 Å². The van der Waals surface area contributed by atoms with Crippen LogP contribution < -0.4 is 10.6 Å². The van der Waals surface area contributed by atoms with Gasteiger partial charge in [0.25, 0.3) is 0 Å². The second kappa shape index (κ2) is 4.48. The van der Waals surface area contributed by atoms with Crippen molar-refractivity contribution in [2.75, 3.05) is 17.7 Å². The zero-order valence-electron chi connectivity index (χ0n) is 8.90. The molecule has 0 spiro atoms. The Kier molecular flexibility index (Phi) is 3.04. The first-order valence-electron chi connectivity index (χ1n) is 4.64. The summed E-state index contributed by atoms with van der Waals surface area (Å²) in [6.45, 7) is 0. The number of nitrogens with zero attached hydrogens (tertiary/aromatic N) is 4. The van der Waals surface area contributed by atoms with Crippen molar-refractivity contribution in [3.63, 3.8) is 0 Å². The summed E-state index contributed by atoms with van der Waals surface area (Å²) in [5, 5.41) is 10.2. The predicted molar refractivity (Wildman–Crippen MR) is 65.8 cm³/mol. The summed E-state index contributed by atoms with van der Waals surface area (Å²) < 4.78 is 2.51. The van der Waals surface area contributed by atoms with Crippen LogP contribution in [-0.4, -0.2) is 26.8 Å². The van der Waals surface area contributed by atoms with Crippen molar-refractivity contribution in [3.05, 3.63) is 23.2 Å². The Balaban J connectivity index is 2.28. The predicted octanol–water partition coefficient (Wildman–Crippen LogP) is 1.76. The fourth-order valence-corrected chi connectivity index (χ4v) is 1.76. The molecule has 2 aromatic rings. The van der Waals surface area contributed by atoms with E-state index in [0.29, 0.717) is 5.82 Å². The molecule has 0 aliphatic rings. The lowest BCUT2D eigenvalue weighted by Gasteiger charge is -2.07. The molecule has 0 aliphatic heterocycles. The first kappa shape index (κ1) is 10.9. The minimum absolute atomic E-state index is 0.701. The van der Waals surface area contributed by atoms with Gasteiger partial charge in [0.2, 0.25) is 0 Å². The number of anilines is 3. The van der Waals surface area contributed by atoms with E-state index in [-0.39, 0.29) is 0 Å². The van der Waals surface area contributed by atoms with Gasteiger partial charge in [0.1, 0.15) is 22.4 Å². The van der Waals surface area contributed by atoms with E-state index in [2.05, 4.69) is 41.6 Å². The number of rotatable bonds is 3. The van der Waals surface area contributed by atoms with Gasteiger partial charge in [0, 0.05) is 20.3 Å². The summed E-state index contributed by atoms with van der Waals surface area (Å²) in [6.07, 6.45) is 5.09. The van der Waals surface area contributed by atoms with Crippen molar-refractivity contribution < 1.29 is 0 Å². The zero-order chi connectivity index (χ0) is 11.5. The maximum Gasteiger partial charge on any atom is 0.150 e. The molecular weight excluding hydrogens is 272 g/mol. The first-order valence-corrected chi connectivity index (χ1v) is 5.44. The summed E-state index contributed by atoms with van der Waals surface area (Å²) in [4.78, 5) is 8.22. The molecule has 0 radical (unpaired) electrons. The third-order valence-corrected chi connectivity index (χ3v) is 2.75. The number of halogens is 1. The molecule has 0 unspecified atom stereocenters. The molecule has 0 saturated carbocycles. The summed E-state index contributed by atoms with van der Waals surface area (Å²) in [6, 6.07) is 0. The monoisotopic (exact) mass is 282 g/mol. The van der Waals surface area contributed by atoms with Crippen LogP contribution in [0.15, 0.2) is 23.2 Å². The van der Waals surface area contributed by atoms with Gasteiger partial charge in [0.05, 0.1) is 11.9 Å². The van der Waals surface area contributed by atoms with Gasteiger partial charge < -0.3 is 10.6 Å². The molecule has 0 amide bonds. The van der Waals surface area contributed by atoms with Gasteiger partial charge in [-0.3, -0.25) is 4.68 Å².